The summed E-state index contributed by atoms with van der Waals surface area (Å²) in [5, 5.41) is 0. The van der Waals surface area contributed by atoms with Crippen LogP contribution in [-0.4, -0.2) is 30.7 Å². The van der Waals surface area contributed by atoms with Gasteiger partial charge in [0.25, 0.3) is 0 Å². The smallest absolute Gasteiger partial charge is 0.231 e. The summed E-state index contributed by atoms with van der Waals surface area (Å²) in [6.07, 6.45) is 1.69. The molecule has 2 aliphatic heterocycles. The summed E-state index contributed by atoms with van der Waals surface area (Å²) in [5.41, 5.74) is 6.53. The van der Waals surface area contributed by atoms with Crippen LogP contribution in [0.4, 0.5) is 0 Å². The number of hydrogen-bond donors (Lipinski definition) is 1. The Labute approximate surface area is 126 Å². The Morgan fingerprint density at radius 3 is 2.60 bits per heavy atom. The summed E-state index contributed by atoms with van der Waals surface area (Å²) in [4.78, 5) is 13.5. The lowest BCUT2D eigenvalue weighted by Gasteiger charge is -2.30. The van der Waals surface area contributed by atoms with Crippen LogP contribution in [0, 0.1) is 5.92 Å². The van der Waals surface area contributed by atoms with Gasteiger partial charge in [-0.05, 0) is 43.6 Å². The van der Waals surface area contributed by atoms with E-state index in [-0.39, 0.29) is 18.6 Å². The topological polar surface area (TPSA) is 64.8 Å². The van der Waals surface area contributed by atoms with Crippen molar-refractivity contribution < 1.29 is 14.3 Å². The number of primary amides is 1. The molecule has 0 bridgehead atoms. The van der Waals surface area contributed by atoms with Gasteiger partial charge in [-0.25, -0.2) is 0 Å². The third-order valence-electron chi connectivity index (χ3n) is 3.93. The van der Waals surface area contributed by atoms with Gasteiger partial charge in [0, 0.05) is 16.9 Å². The number of rotatable bonds is 3. The fourth-order valence-corrected chi connectivity index (χ4v) is 3.14. The first kappa shape index (κ1) is 13.7. The van der Waals surface area contributed by atoms with Gasteiger partial charge in [0.2, 0.25) is 12.7 Å². The fourth-order valence-electron chi connectivity index (χ4n) is 2.70. The van der Waals surface area contributed by atoms with Crippen LogP contribution in [0.3, 0.4) is 0 Å². The largest absolute Gasteiger partial charge is 0.454 e. The summed E-state index contributed by atoms with van der Waals surface area (Å²) in [5.74, 6) is 1.45. The molecule has 1 aromatic carbocycles. The summed E-state index contributed by atoms with van der Waals surface area (Å²) in [6.45, 7) is 2.92. The first-order valence-electron chi connectivity index (χ1n) is 6.73. The van der Waals surface area contributed by atoms with Crippen molar-refractivity contribution in [3.05, 3.63) is 22.2 Å². The molecule has 0 radical (unpaired) electrons. The molecular weight excluding hydrogens is 324 g/mol. The van der Waals surface area contributed by atoms with Crippen molar-refractivity contribution in [2.24, 2.45) is 11.7 Å². The highest BCUT2D eigenvalue weighted by molar-refractivity contribution is 9.10. The Hall–Kier alpha value is -1.27. The quantitative estimate of drug-likeness (QED) is 0.912. The van der Waals surface area contributed by atoms with Gasteiger partial charge in [0.05, 0.1) is 0 Å². The number of hydrogen-bond acceptors (Lipinski definition) is 4. The molecule has 0 aliphatic carbocycles. The van der Waals surface area contributed by atoms with Gasteiger partial charge >= 0.3 is 0 Å². The van der Waals surface area contributed by atoms with Crippen LogP contribution in [0.15, 0.2) is 16.6 Å². The molecule has 0 spiro atoms. The van der Waals surface area contributed by atoms with Gasteiger partial charge < -0.3 is 15.2 Å². The number of carbonyl (C=O) groups is 1. The van der Waals surface area contributed by atoms with E-state index in [0.29, 0.717) is 0 Å². The van der Waals surface area contributed by atoms with E-state index < -0.39 is 0 Å². The number of halogens is 1. The monoisotopic (exact) mass is 340 g/mol. The van der Waals surface area contributed by atoms with E-state index in [9.17, 15) is 4.79 Å². The first-order chi connectivity index (χ1) is 9.63. The minimum Gasteiger partial charge on any atom is -0.454 e. The molecule has 2 aliphatic rings. The first-order valence-corrected chi connectivity index (χ1v) is 7.52. The average Bonchev–Trinajstić information content (AvgIpc) is 2.87. The van der Waals surface area contributed by atoms with Crippen LogP contribution in [0.2, 0.25) is 0 Å². The molecule has 2 N–H and O–H groups in total. The predicted octanol–water partition coefficient (Wildman–Crippen LogP) is 1.88. The molecule has 108 valence electrons. The van der Waals surface area contributed by atoms with E-state index in [2.05, 4.69) is 20.8 Å². The highest BCUT2D eigenvalue weighted by Crippen LogP contribution is 2.37. The van der Waals surface area contributed by atoms with Gasteiger partial charge in [-0.1, -0.05) is 15.9 Å². The van der Waals surface area contributed by atoms with Gasteiger partial charge in [-0.2, -0.15) is 0 Å². The summed E-state index contributed by atoms with van der Waals surface area (Å²) >= 11 is 3.58. The van der Waals surface area contributed by atoms with E-state index in [0.717, 1.165) is 48.4 Å². The lowest BCUT2D eigenvalue weighted by atomic mass is 9.96. The standard InChI is InChI=1S/C14H17BrN2O3/c15-11-6-13-12(19-8-20-13)5-10(11)7-17-3-1-9(2-4-17)14(16)18/h5-6,9H,1-4,7-8H2,(H2,16,18). The molecule has 1 amide bonds. The van der Waals surface area contributed by atoms with Crippen molar-refractivity contribution in [2.45, 2.75) is 19.4 Å². The van der Waals surface area contributed by atoms with Crippen LogP contribution in [0.25, 0.3) is 0 Å². The number of nitrogens with zero attached hydrogens (tertiary/aromatic N) is 1. The second-order valence-corrected chi connectivity index (χ2v) is 6.10. The second-order valence-electron chi connectivity index (χ2n) is 5.25. The summed E-state index contributed by atoms with van der Waals surface area (Å²) < 4.78 is 11.8. The molecule has 6 heteroatoms. The van der Waals surface area contributed by atoms with Gasteiger partial charge in [0.15, 0.2) is 11.5 Å². The third kappa shape index (κ3) is 2.76. The minimum absolute atomic E-state index is 0.0337. The molecule has 1 aromatic rings. The third-order valence-corrected chi connectivity index (χ3v) is 4.66. The van der Waals surface area contributed by atoms with Gasteiger partial charge in [0.1, 0.15) is 0 Å². The van der Waals surface area contributed by atoms with Crippen LogP contribution in [0.1, 0.15) is 18.4 Å². The Morgan fingerprint density at radius 2 is 1.95 bits per heavy atom. The SMILES string of the molecule is NC(=O)C1CCN(Cc2cc3c(cc2Br)OCO3)CC1. The summed E-state index contributed by atoms with van der Waals surface area (Å²) in [7, 11) is 0. The highest BCUT2D eigenvalue weighted by atomic mass is 79.9. The van der Waals surface area contributed by atoms with E-state index in [1.165, 1.54) is 5.56 Å². The van der Waals surface area contributed by atoms with E-state index in [4.69, 9.17) is 15.2 Å². The number of piperidine rings is 1. The minimum atomic E-state index is -0.172. The van der Waals surface area contributed by atoms with Crippen molar-refractivity contribution in [1.82, 2.24) is 4.90 Å². The molecular formula is C14H17BrN2O3. The van der Waals surface area contributed by atoms with E-state index in [1.54, 1.807) is 0 Å². The number of benzene rings is 1. The van der Waals surface area contributed by atoms with Crippen LogP contribution in [-0.2, 0) is 11.3 Å². The van der Waals surface area contributed by atoms with Crippen molar-refractivity contribution in [3.63, 3.8) is 0 Å². The molecule has 0 aromatic heterocycles. The van der Waals surface area contributed by atoms with E-state index >= 15 is 0 Å². The number of carbonyl (C=O) groups excluding carboxylic acids is 1. The Bertz CT molecular complexity index is 527. The van der Waals surface area contributed by atoms with E-state index in [1.807, 2.05) is 12.1 Å². The van der Waals surface area contributed by atoms with Crippen LogP contribution < -0.4 is 15.2 Å². The number of amides is 1. The lowest BCUT2D eigenvalue weighted by molar-refractivity contribution is -0.123. The van der Waals surface area contributed by atoms with Crippen molar-refractivity contribution in [3.8, 4) is 11.5 Å². The van der Waals surface area contributed by atoms with Gasteiger partial charge in [-0.3, -0.25) is 9.69 Å². The van der Waals surface area contributed by atoms with Crippen molar-refractivity contribution in [2.75, 3.05) is 19.9 Å². The average molecular weight is 341 g/mol. The molecule has 20 heavy (non-hydrogen) atoms. The molecule has 2 heterocycles. The van der Waals surface area contributed by atoms with Crippen molar-refractivity contribution in [1.29, 1.82) is 0 Å². The number of nitrogens with two attached hydrogens (primary N) is 1. The Kier molecular flexibility index (Phi) is 3.85. The lowest BCUT2D eigenvalue weighted by Crippen LogP contribution is -2.38. The Balaban J connectivity index is 1.66. The maximum absolute atomic E-state index is 11.2. The zero-order chi connectivity index (χ0) is 14.1. The maximum Gasteiger partial charge on any atom is 0.231 e. The molecule has 5 nitrogen and oxygen atoms in total. The molecule has 0 atom stereocenters. The second kappa shape index (κ2) is 5.61. The molecule has 1 fully saturated rings. The van der Waals surface area contributed by atoms with Gasteiger partial charge in [-0.15, -0.1) is 0 Å². The normalized spacial score (nSPS) is 19.2. The molecule has 0 saturated carbocycles. The van der Waals surface area contributed by atoms with Crippen LogP contribution in [0.5, 0.6) is 11.5 Å². The highest BCUT2D eigenvalue weighted by Gasteiger charge is 2.24. The molecule has 0 unspecified atom stereocenters. The molecule has 1 saturated heterocycles. The number of fused-ring (bicyclic) bond motifs is 1. The van der Waals surface area contributed by atoms with Crippen LogP contribution >= 0.6 is 15.9 Å². The zero-order valence-electron chi connectivity index (χ0n) is 11.1. The molecule has 3 rings (SSSR count). The Morgan fingerprint density at radius 1 is 1.30 bits per heavy atom. The fraction of sp³-hybridized carbons (Fsp3) is 0.500. The van der Waals surface area contributed by atoms with Crippen molar-refractivity contribution >= 4 is 21.8 Å². The number of ether oxygens (including phenoxy) is 2. The predicted molar refractivity (Wildman–Crippen MR) is 77.5 cm³/mol. The summed E-state index contributed by atoms with van der Waals surface area (Å²) in [6, 6.07) is 3.97. The maximum atomic E-state index is 11.2. The zero-order valence-corrected chi connectivity index (χ0v) is 12.7. The number of likely N-dealkylation sites (tertiary alicyclic amines) is 1.